The lowest BCUT2D eigenvalue weighted by Crippen LogP contribution is -2.41. The van der Waals surface area contributed by atoms with Crippen LogP contribution in [0.5, 0.6) is 0 Å². The van der Waals surface area contributed by atoms with Crippen LogP contribution in [-0.4, -0.2) is 16.8 Å². The molecule has 1 amide bonds. The van der Waals surface area contributed by atoms with Gasteiger partial charge in [0.25, 0.3) is 5.91 Å². The van der Waals surface area contributed by atoms with Gasteiger partial charge in [0.2, 0.25) is 0 Å². The van der Waals surface area contributed by atoms with Crippen molar-refractivity contribution in [3.63, 3.8) is 0 Å². The molecule has 0 fully saturated rings. The van der Waals surface area contributed by atoms with Crippen molar-refractivity contribution in [2.45, 2.75) is 18.6 Å². The lowest BCUT2D eigenvalue weighted by Gasteiger charge is -2.23. The molecule has 0 saturated heterocycles. The Balaban J connectivity index is 1.70. The third-order valence-electron chi connectivity index (χ3n) is 5.13. The van der Waals surface area contributed by atoms with Crippen LogP contribution < -0.4 is 4.90 Å². The predicted octanol–water partition coefficient (Wildman–Crippen LogP) is 5.98. The number of carbonyl (C=O) groups is 2. The van der Waals surface area contributed by atoms with Crippen LogP contribution in [0.1, 0.15) is 27.9 Å². The van der Waals surface area contributed by atoms with Crippen molar-refractivity contribution in [1.29, 1.82) is 0 Å². The zero-order valence-electron chi connectivity index (χ0n) is 15.6. The number of aliphatic hydroxyl groups is 1. The second-order valence-electron chi connectivity index (χ2n) is 7.15. The van der Waals surface area contributed by atoms with Gasteiger partial charge in [0.15, 0.2) is 11.4 Å². The molecule has 1 aliphatic rings. The van der Waals surface area contributed by atoms with Crippen molar-refractivity contribution < 1.29 is 14.7 Å². The number of nitrogens with zero attached hydrogens (tertiary/aromatic N) is 1. The number of ketones is 1. The van der Waals surface area contributed by atoms with Crippen LogP contribution in [0.3, 0.4) is 0 Å². The number of rotatable bonds is 5. The van der Waals surface area contributed by atoms with E-state index in [0.29, 0.717) is 23.4 Å². The van der Waals surface area contributed by atoms with Crippen LogP contribution in [-0.2, 0) is 16.9 Å². The summed E-state index contributed by atoms with van der Waals surface area (Å²) in [5.41, 5.74) is 0.492. The molecule has 0 radical (unpaired) electrons. The molecule has 1 atom stereocenters. The molecule has 30 heavy (non-hydrogen) atoms. The first-order valence-corrected chi connectivity index (χ1v) is 11.5. The van der Waals surface area contributed by atoms with Crippen molar-refractivity contribution in [3.05, 3.63) is 96.8 Å². The standard InChI is InChI=1S/C23H16Br3NO3/c24-16-5-1-14(2-6-16)13-27-20-10-9-18(26)11-19(20)23(30,22(27)29)12-21(28)15-3-7-17(25)8-4-15/h1-11,30H,12-13H2. The Bertz CT molecular complexity index is 1130. The molecule has 0 saturated carbocycles. The summed E-state index contributed by atoms with van der Waals surface area (Å²) in [5, 5.41) is 11.5. The Hall–Kier alpha value is -1.80. The molecule has 3 aromatic rings. The van der Waals surface area contributed by atoms with Gasteiger partial charge >= 0.3 is 0 Å². The maximum Gasteiger partial charge on any atom is 0.264 e. The second kappa shape index (κ2) is 8.38. The topological polar surface area (TPSA) is 57.6 Å². The van der Waals surface area contributed by atoms with Gasteiger partial charge in [0.1, 0.15) is 0 Å². The van der Waals surface area contributed by atoms with Crippen LogP contribution in [0, 0.1) is 0 Å². The highest BCUT2D eigenvalue weighted by molar-refractivity contribution is 9.11. The van der Waals surface area contributed by atoms with E-state index in [-0.39, 0.29) is 12.2 Å². The van der Waals surface area contributed by atoms with E-state index < -0.39 is 11.5 Å². The van der Waals surface area contributed by atoms with Crippen LogP contribution in [0.25, 0.3) is 0 Å². The number of anilines is 1. The van der Waals surface area contributed by atoms with Crippen molar-refractivity contribution in [1.82, 2.24) is 0 Å². The molecule has 0 spiro atoms. The molecule has 4 rings (SSSR count). The summed E-state index contributed by atoms with van der Waals surface area (Å²) in [7, 11) is 0. The fourth-order valence-corrected chi connectivity index (χ4v) is 4.48. The van der Waals surface area contributed by atoms with Crippen LogP contribution >= 0.6 is 47.8 Å². The molecule has 1 N–H and O–H groups in total. The van der Waals surface area contributed by atoms with Gasteiger partial charge in [0.05, 0.1) is 18.7 Å². The number of benzene rings is 3. The minimum atomic E-state index is -1.92. The molecule has 3 aromatic carbocycles. The Kier molecular flexibility index (Phi) is 5.99. The number of fused-ring (bicyclic) bond motifs is 1. The zero-order valence-corrected chi connectivity index (χ0v) is 20.4. The summed E-state index contributed by atoms with van der Waals surface area (Å²) in [6.07, 6.45) is -0.326. The molecule has 4 nitrogen and oxygen atoms in total. The lowest BCUT2D eigenvalue weighted by molar-refractivity contribution is -0.136. The van der Waals surface area contributed by atoms with E-state index >= 15 is 0 Å². The van der Waals surface area contributed by atoms with Crippen LogP contribution in [0.2, 0.25) is 0 Å². The van der Waals surface area contributed by atoms with E-state index in [1.165, 1.54) is 0 Å². The largest absolute Gasteiger partial charge is 0.375 e. The van der Waals surface area contributed by atoms with Gasteiger partial charge < -0.3 is 10.0 Å². The third kappa shape index (κ3) is 4.04. The summed E-state index contributed by atoms with van der Waals surface area (Å²) >= 11 is 10.2. The van der Waals surface area contributed by atoms with Gasteiger partial charge in [-0.15, -0.1) is 0 Å². The minimum absolute atomic E-state index is 0.297. The number of carbonyl (C=O) groups excluding carboxylic acids is 2. The van der Waals surface area contributed by atoms with Gasteiger partial charge in [-0.3, -0.25) is 9.59 Å². The number of hydrogen-bond donors (Lipinski definition) is 1. The molecular weight excluding hydrogens is 578 g/mol. The number of Topliss-reactive ketones (excluding diaryl/α,β-unsaturated/α-hetero) is 1. The van der Waals surface area contributed by atoms with Crippen LogP contribution in [0.15, 0.2) is 80.1 Å². The van der Waals surface area contributed by atoms with Gasteiger partial charge in [-0.1, -0.05) is 72.1 Å². The van der Waals surface area contributed by atoms with E-state index in [1.54, 1.807) is 41.3 Å². The molecule has 7 heteroatoms. The summed E-state index contributed by atoms with van der Waals surface area (Å²) in [4.78, 5) is 27.8. The Morgan fingerprint density at radius 3 is 2.07 bits per heavy atom. The monoisotopic (exact) mass is 591 g/mol. The molecule has 0 aliphatic carbocycles. The van der Waals surface area contributed by atoms with Gasteiger partial charge in [-0.2, -0.15) is 0 Å². The number of hydrogen-bond acceptors (Lipinski definition) is 3. The lowest BCUT2D eigenvalue weighted by atomic mass is 9.88. The Morgan fingerprint density at radius 1 is 0.867 bits per heavy atom. The normalized spacial score (nSPS) is 17.9. The van der Waals surface area contributed by atoms with E-state index in [9.17, 15) is 14.7 Å². The number of halogens is 3. The second-order valence-corrected chi connectivity index (χ2v) is 9.89. The van der Waals surface area contributed by atoms with E-state index in [0.717, 1.165) is 19.0 Å². The molecule has 0 aromatic heterocycles. The highest BCUT2D eigenvalue weighted by Crippen LogP contribution is 2.44. The highest BCUT2D eigenvalue weighted by atomic mass is 79.9. The molecule has 0 bridgehead atoms. The first-order valence-electron chi connectivity index (χ1n) is 9.15. The quantitative estimate of drug-likeness (QED) is 0.370. The van der Waals surface area contributed by atoms with Gasteiger partial charge in [-0.25, -0.2) is 0 Å². The summed E-state index contributed by atoms with van der Waals surface area (Å²) in [6.45, 7) is 0.301. The first kappa shape index (κ1) is 21.4. The maximum absolute atomic E-state index is 13.4. The first-order chi connectivity index (χ1) is 14.3. The fourth-order valence-electron chi connectivity index (χ4n) is 3.59. The van der Waals surface area contributed by atoms with Crippen LogP contribution in [0.4, 0.5) is 5.69 Å². The summed E-state index contributed by atoms with van der Waals surface area (Å²) in [6, 6.07) is 19.8. The van der Waals surface area contributed by atoms with E-state index in [2.05, 4.69) is 47.8 Å². The predicted molar refractivity (Wildman–Crippen MR) is 126 cm³/mol. The van der Waals surface area contributed by atoms with Gasteiger partial charge in [0, 0.05) is 24.5 Å². The van der Waals surface area contributed by atoms with Gasteiger partial charge in [-0.05, 0) is 48.0 Å². The van der Waals surface area contributed by atoms with E-state index in [1.807, 2.05) is 30.3 Å². The third-order valence-corrected chi connectivity index (χ3v) is 6.68. The average molecular weight is 594 g/mol. The van der Waals surface area contributed by atoms with Crippen molar-refractivity contribution in [3.8, 4) is 0 Å². The molecule has 152 valence electrons. The van der Waals surface area contributed by atoms with Crippen molar-refractivity contribution in [2.75, 3.05) is 4.90 Å². The number of amides is 1. The van der Waals surface area contributed by atoms with E-state index in [4.69, 9.17) is 0 Å². The summed E-state index contributed by atoms with van der Waals surface area (Å²) in [5.74, 6) is -0.793. The summed E-state index contributed by atoms with van der Waals surface area (Å²) < 4.78 is 2.53. The zero-order chi connectivity index (χ0) is 21.5. The SMILES string of the molecule is O=C(CC1(O)C(=O)N(Cc2ccc(Br)cc2)c2ccc(Br)cc21)c1ccc(Br)cc1. The Morgan fingerprint density at radius 2 is 1.43 bits per heavy atom. The molecular formula is C23H16Br3NO3. The average Bonchev–Trinajstić information content (AvgIpc) is 2.91. The van der Waals surface area contributed by atoms with Crippen molar-refractivity contribution >= 4 is 65.2 Å². The molecule has 1 aliphatic heterocycles. The Labute approximate surface area is 199 Å². The smallest absolute Gasteiger partial charge is 0.264 e. The molecule has 1 unspecified atom stereocenters. The van der Waals surface area contributed by atoms with Crippen molar-refractivity contribution in [2.24, 2.45) is 0 Å². The highest BCUT2D eigenvalue weighted by Gasteiger charge is 2.51. The maximum atomic E-state index is 13.4. The minimum Gasteiger partial charge on any atom is -0.375 e. The molecule has 1 heterocycles. The fraction of sp³-hybridized carbons (Fsp3) is 0.130.